The van der Waals surface area contributed by atoms with E-state index in [9.17, 15) is 4.39 Å². The molecule has 0 fully saturated rings. The first-order chi connectivity index (χ1) is 7.20. The molecule has 78 valence electrons. The van der Waals surface area contributed by atoms with Gasteiger partial charge in [-0.05, 0) is 19.1 Å². The van der Waals surface area contributed by atoms with Crippen molar-refractivity contribution in [3.8, 4) is 11.5 Å². The average Bonchev–Trinajstić information content (AvgIpc) is 2.70. The highest BCUT2D eigenvalue weighted by atomic mass is 19.1. The van der Waals surface area contributed by atoms with E-state index in [2.05, 4.69) is 10.1 Å². The molecular formula is C10H9FN2O2. The summed E-state index contributed by atoms with van der Waals surface area (Å²) in [6.07, 6.45) is 0. The van der Waals surface area contributed by atoms with Gasteiger partial charge in [0.2, 0.25) is 0 Å². The topological polar surface area (TPSA) is 59.2 Å². The second-order valence-corrected chi connectivity index (χ2v) is 3.16. The summed E-state index contributed by atoms with van der Waals surface area (Å²) in [4.78, 5) is 3.83. The summed E-state index contributed by atoms with van der Waals surface area (Å²) in [6.45, 7) is 1.52. The van der Waals surface area contributed by atoms with Crippen LogP contribution >= 0.6 is 0 Å². The normalized spacial score (nSPS) is 10.6. The summed E-state index contributed by atoms with van der Waals surface area (Å²) >= 11 is 0. The number of aliphatic hydroxyl groups is 1. The first-order valence-electron chi connectivity index (χ1n) is 4.40. The fourth-order valence-corrected chi connectivity index (χ4v) is 1.23. The quantitative estimate of drug-likeness (QED) is 0.815. The van der Waals surface area contributed by atoms with Crippen LogP contribution in [0.3, 0.4) is 0 Å². The van der Waals surface area contributed by atoms with Gasteiger partial charge in [-0.2, -0.15) is 4.98 Å². The van der Waals surface area contributed by atoms with E-state index in [-0.39, 0.29) is 23.9 Å². The van der Waals surface area contributed by atoms with Gasteiger partial charge < -0.3 is 9.63 Å². The van der Waals surface area contributed by atoms with Crippen LogP contribution in [0.4, 0.5) is 4.39 Å². The van der Waals surface area contributed by atoms with Crippen LogP contribution in [0.1, 0.15) is 11.4 Å². The zero-order valence-corrected chi connectivity index (χ0v) is 8.07. The molecule has 0 aliphatic heterocycles. The number of aryl methyl sites for hydroxylation is 1. The maximum Gasteiger partial charge on any atom is 0.260 e. The lowest BCUT2D eigenvalue weighted by atomic mass is 10.1. The molecule has 0 atom stereocenters. The SMILES string of the molecule is Cc1ccc(F)c(-c2nc(CO)no2)c1. The largest absolute Gasteiger partial charge is 0.388 e. The Hall–Kier alpha value is -1.75. The second kappa shape index (κ2) is 3.78. The highest BCUT2D eigenvalue weighted by Gasteiger charge is 2.12. The van der Waals surface area contributed by atoms with Crippen molar-refractivity contribution in [2.24, 2.45) is 0 Å². The molecule has 1 heterocycles. The summed E-state index contributed by atoms with van der Waals surface area (Å²) in [6, 6.07) is 4.61. The number of aliphatic hydroxyl groups excluding tert-OH is 1. The molecule has 0 saturated heterocycles. The highest BCUT2D eigenvalue weighted by molar-refractivity contribution is 5.54. The Morgan fingerprint density at radius 1 is 1.47 bits per heavy atom. The molecule has 15 heavy (non-hydrogen) atoms. The third-order valence-corrected chi connectivity index (χ3v) is 1.96. The maximum absolute atomic E-state index is 13.4. The molecular weight excluding hydrogens is 199 g/mol. The molecule has 0 aliphatic carbocycles. The lowest BCUT2D eigenvalue weighted by molar-refractivity contribution is 0.264. The van der Waals surface area contributed by atoms with Gasteiger partial charge in [-0.15, -0.1) is 0 Å². The smallest absolute Gasteiger partial charge is 0.260 e. The minimum Gasteiger partial charge on any atom is -0.388 e. The second-order valence-electron chi connectivity index (χ2n) is 3.16. The lowest BCUT2D eigenvalue weighted by Crippen LogP contribution is -1.88. The van der Waals surface area contributed by atoms with Crippen LogP contribution in [0.15, 0.2) is 22.7 Å². The van der Waals surface area contributed by atoms with Crippen LogP contribution in [0, 0.1) is 12.7 Å². The first-order valence-corrected chi connectivity index (χ1v) is 4.40. The fraction of sp³-hybridized carbons (Fsp3) is 0.200. The van der Waals surface area contributed by atoms with Gasteiger partial charge in [-0.1, -0.05) is 16.8 Å². The number of nitrogens with zero attached hydrogens (tertiary/aromatic N) is 2. The Balaban J connectivity index is 2.48. The maximum atomic E-state index is 13.4. The molecule has 1 N–H and O–H groups in total. The van der Waals surface area contributed by atoms with Gasteiger partial charge in [0.05, 0.1) is 5.56 Å². The molecule has 4 nitrogen and oxygen atoms in total. The van der Waals surface area contributed by atoms with Gasteiger partial charge in [0.25, 0.3) is 5.89 Å². The van der Waals surface area contributed by atoms with Crippen molar-refractivity contribution >= 4 is 0 Å². The minimum atomic E-state index is -0.422. The van der Waals surface area contributed by atoms with Gasteiger partial charge in [0.1, 0.15) is 12.4 Å². The lowest BCUT2D eigenvalue weighted by Gasteiger charge is -1.98. The van der Waals surface area contributed by atoms with E-state index in [1.54, 1.807) is 12.1 Å². The number of benzene rings is 1. The van der Waals surface area contributed by atoms with Crippen LogP contribution < -0.4 is 0 Å². The summed E-state index contributed by atoms with van der Waals surface area (Å²) in [5, 5.41) is 12.2. The van der Waals surface area contributed by atoms with Crippen LogP contribution in [0.25, 0.3) is 11.5 Å². The minimum absolute atomic E-state index is 0.0836. The van der Waals surface area contributed by atoms with Crippen LogP contribution in [-0.4, -0.2) is 15.2 Å². The van der Waals surface area contributed by atoms with Crippen molar-refractivity contribution < 1.29 is 14.0 Å². The van der Waals surface area contributed by atoms with Gasteiger partial charge >= 0.3 is 0 Å². The molecule has 5 heteroatoms. The molecule has 0 bridgehead atoms. The number of halogens is 1. The third-order valence-electron chi connectivity index (χ3n) is 1.96. The summed E-state index contributed by atoms with van der Waals surface area (Å²) < 4.78 is 18.2. The monoisotopic (exact) mass is 208 g/mol. The Kier molecular flexibility index (Phi) is 2.47. The summed E-state index contributed by atoms with van der Waals surface area (Å²) in [7, 11) is 0. The Labute approximate surface area is 85.4 Å². The van der Waals surface area contributed by atoms with Crippen molar-refractivity contribution in [3.63, 3.8) is 0 Å². The predicted molar refractivity (Wildman–Crippen MR) is 50.4 cm³/mol. The number of aromatic nitrogens is 2. The fourth-order valence-electron chi connectivity index (χ4n) is 1.23. The zero-order chi connectivity index (χ0) is 10.8. The zero-order valence-electron chi connectivity index (χ0n) is 8.07. The van der Waals surface area contributed by atoms with E-state index < -0.39 is 5.82 Å². The van der Waals surface area contributed by atoms with Crippen LogP contribution in [-0.2, 0) is 6.61 Å². The Morgan fingerprint density at radius 2 is 2.27 bits per heavy atom. The molecule has 2 rings (SSSR count). The van der Waals surface area contributed by atoms with Gasteiger partial charge in [0, 0.05) is 0 Å². The Morgan fingerprint density at radius 3 is 2.93 bits per heavy atom. The summed E-state index contributed by atoms with van der Waals surface area (Å²) in [5.41, 5.74) is 1.15. The van der Waals surface area contributed by atoms with Gasteiger partial charge in [-0.25, -0.2) is 4.39 Å². The molecule has 1 aromatic carbocycles. The predicted octanol–water partition coefficient (Wildman–Crippen LogP) is 1.68. The molecule has 0 aliphatic rings. The molecule has 1 aromatic heterocycles. The average molecular weight is 208 g/mol. The van der Waals surface area contributed by atoms with Crippen molar-refractivity contribution in [1.82, 2.24) is 10.1 Å². The standard InChI is InChI=1S/C10H9FN2O2/c1-6-2-3-8(11)7(4-6)10-12-9(5-14)13-15-10/h2-4,14H,5H2,1H3. The molecule has 0 amide bonds. The van der Waals surface area contributed by atoms with Crippen molar-refractivity contribution in [2.45, 2.75) is 13.5 Å². The van der Waals surface area contributed by atoms with E-state index >= 15 is 0 Å². The van der Waals surface area contributed by atoms with E-state index in [1.807, 2.05) is 6.92 Å². The molecule has 0 spiro atoms. The molecule has 0 saturated carbocycles. The first kappa shape index (κ1) is 9.79. The van der Waals surface area contributed by atoms with Crippen LogP contribution in [0.2, 0.25) is 0 Å². The van der Waals surface area contributed by atoms with Crippen molar-refractivity contribution in [3.05, 3.63) is 35.4 Å². The summed E-state index contributed by atoms with van der Waals surface area (Å²) in [5.74, 6) is -0.195. The molecule has 2 aromatic rings. The Bertz CT molecular complexity index is 482. The molecule has 0 radical (unpaired) electrons. The van der Waals surface area contributed by atoms with Gasteiger partial charge in [0.15, 0.2) is 5.82 Å². The van der Waals surface area contributed by atoms with Crippen LogP contribution in [0.5, 0.6) is 0 Å². The highest BCUT2D eigenvalue weighted by Crippen LogP contribution is 2.21. The molecule has 0 unspecified atom stereocenters. The van der Waals surface area contributed by atoms with E-state index in [0.29, 0.717) is 0 Å². The van der Waals surface area contributed by atoms with E-state index in [1.165, 1.54) is 6.07 Å². The number of hydrogen-bond acceptors (Lipinski definition) is 4. The number of rotatable bonds is 2. The van der Waals surface area contributed by atoms with Gasteiger partial charge in [-0.3, -0.25) is 0 Å². The van der Waals surface area contributed by atoms with E-state index in [0.717, 1.165) is 5.56 Å². The number of hydrogen-bond donors (Lipinski definition) is 1. The third kappa shape index (κ3) is 1.87. The van der Waals surface area contributed by atoms with E-state index in [4.69, 9.17) is 9.63 Å². The van der Waals surface area contributed by atoms with Crippen molar-refractivity contribution in [1.29, 1.82) is 0 Å². The van der Waals surface area contributed by atoms with Crippen molar-refractivity contribution in [2.75, 3.05) is 0 Å².